The summed E-state index contributed by atoms with van der Waals surface area (Å²) in [5.74, 6) is 0. The zero-order valence-corrected chi connectivity index (χ0v) is 14.0. The fourth-order valence-corrected chi connectivity index (χ4v) is 5.42. The van der Waals surface area contributed by atoms with E-state index in [2.05, 4.69) is 0 Å². The molecule has 0 N–H and O–H groups in total. The summed E-state index contributed by atoms with van der Waals surface area (Å²) >= 11 is 1.26. The van der Waals surface area contributed by atoms with Gasteiger partial charge in [-0.3, -0.25) is 0 Å². The van der Waals surface area contributed by atoms with E-state index < -0.39 is 10.0 Å². The molecule has 2 atom stereocenters. The smallest absolute Gasteiger partial charge is 0.252 e. The third kappa shape index (κ3) is 3.25. The van der Waals surface area contributed by atoms with Crippen LogP contribution in [0.25, 0.3) is 0 Å². The minimum absolute atomic E-state index is 0.103. The topological polar surface area (TPSA) is 46.6 Å². The Morgan fingerprint density at radius 3 is 2.68 bits per heavy atom. The van der Waals surface area contributed by atoms with E-state index in [9.17, 15) is 8.42 Å². The first-order valence-corrected chi connectivity index (χ1v) is 9.60. The van der Waals surface area contributed by atoms with E-state index in [1.54, 1.807) is 21.8 Å². The van der Waals surface area contributed by atoms with E-state index in [1.165, 1.54) is 11.3 Å². The highest BCUT2D eigenvalue weighted by Gasteiger charge is 2.35. The van der Waals surface area contributed by atoms with Gasteiger partial charge in [0.25, 0.3) is 10.0 Å². The van der Waals surface area contributed by atoms with Gasteiger partial charge in [-0.05, 0) is 30.4 Å². The van der Waals surface area contributed by atoms with E-state index in [-0.39, 0.29) is 12.1 Å². The summed E-state index contributed by atoms with van der Waals surface area (Å²) in [6.07, 6.45) is 0.623. The molecule has 1 fully saturated rings. The van der Waals surface area contributed by atoms with Crippen molar-refractivity contribution in [2.24, 2.45) is 0 Å². The van der Waals surface area contributed by atoms with Gasteiger partial charge in [0.15, 0.2) is 0 Å². The van der Waals surface area contributed by atoms with Crippen LogP contribution in [0.4, 0.5) is 0 Å². The van der Waals surface area contributed by atoms with Crippen molar-refractivity contribution < 1.29 is 13.2 Å². The van der Waals surface area contributed by atoms with Crippen LogP contribution in [0.15, 0.2) is 52.1 Å². The summed E-state index contributed by atoms with van der Waals surface area (Å²) in [6, 6.07) is 13.3. The molecule has 118 valence electrons. The molecule has 0 radical (unpaired) electrons. The summed E-state index contributed by atoms with van der Waals surface area (Å²) < 4.78 is 33.3. The van der Waals surface area contributed by atoms with Gasteiger partial charge in [-0.2, -0.15) is 4.31 Å². The van der Waals surface area contributed by atoms with E-state index >= 15 is 0 Å². The Balaban J connectivity index is 1.77. The highest BCUT2D eigenvalue weighted by atomic mass is 32.2. The molecule has 6 heteroatoms. The lowest BCUT2D eigenvalue weighted by Crippen LogP contribution is -2.51. The van der Waals surface area contributed by atoms with Crippen molar-refractivity contribution in [2.45, 2.75) is 29.7 Å². The van der Waals surface area contributed by atoms with Crippen molar-refractivity contribution in [2.75, 3.05) is 13.2 Å². The predicted octanol–water partition coefficient (Wildman–Crippen LogP) is 2.77. The number of hydrogen-bond acceptors (Lipinski definition) is 4. The molecule has 0 aliphatic carbocycles. The van der Waals surface area contributed by atoms with E-state index in [0.29, 0.717) is 17.4 Å². The number of nitrogens with zero attached hydrogens (tertiary/aromatic N) is 1. The largest absolute Gasteiger partial charge is 0.375 e. The van der Waals surface area contributed by atoms with Gasteiger partial charge in [0, 0.05) is 12.6 Å². The second kappa shape index (κ2) is 6.50. The van der Waals surface area contributed by atoms with E-state index in [0.717, 1.165) is 12.0 Å². The third-order valence-electron chi connectivity index (χ3n) is 3.81. The van der Waals surface area contributed by atoms with Crippen molar-refractivity contribution >= 4 is 21.4 Å². The van der Waals surface area contributed by atoms with Crippen LogP contribution in [-0.4, -0.2) is 38.0 Å². The van der Waals surface area contributed by atoms with Gasteiger partial charge in [-0.25, -0.2) is 8.42 Å². The summed E-state index contributed by atoms with van der Waals surface area (Å²) in [5.41, 5.74) is 1.16. The second-order valence-corrected chi connectivity index (χ2v) is 8.57. The van der Waals surface area contributed by atoms with Crippen molar-refractivity contribution in [3.63, 3.8) is 0 Å². The molecule has 0 spiro atoms. The van der Waals surface area contributed by atoms with Gasteiger partial charge < -0.3 is 4.74 Å². The molecule has 3 rings (SSSR count). The lowest BCUT2D eigenvalue weighted by molar-refractivity contribution is -0.0264. The van der Waals surface area contributed by atoms with Crippen molar-refractivity contribution in [1.82, 2.24) is 4.31 Å². The van der Waals surface area contributed by atoms with Crippen LogP contribution >= 0.6 is 11.3 Å². The average molecular weight is 337 g/mol. The van der Waals surface area contributed by atoms with Crippen LogP contribution in [-0.2, 0) is 21.2 Å². The summed E-state index contributed by atoms with van der Waals surface area (Å²) in [7, 11) is -3.42. The van der Waals surface area contributed by atoms with Gasteiger partial charge in [0.2, 0.25) is 0 Å². The lowest BCUT2D eigenvalue weighted by atomic mass is 10.1. The number of thiophene rings is 1. The minimum atomic E-state index is -3.42. The molecule has 4 nitrogen and oxygen atoms in total. The highest BCUT2D eigenvalue weighted by molar-refractivity contribution is 7.91. The quantitative estimate of drug-likeness (QED) is 0.862. The molecule has 1 aliphatic rings. The second-order valence-electron chi connectivity index (χ2n) is 5.50. The van der Waals surface area contributed by atoms with Crippen LogP contribution in [0.3, 0.4) is 0 Å². The molecule has 2 aromatic rings. The van der Waals surface area contributed by atoms with Crippen molar-refractivity contribution in [3.05, 3.63) is 53.4 Å². The Bertz CT molecular complexity index is 698. The van der Waals surface area contributed by atoms with Crippen molar-refractivity contribution in [1.29, 1.82) is 0 Å². The number of benzene rings is 1. The molecule has 1 saturated heterocycles. The first-order valence-electron chi connectivity index (χ1n) is 7.28. The van der Waals surface area contributed by atoms with Gasteiger partial charge >= 0.3 is 0 Å². The maximum Gasteiger partial charge on any atom is 0.252 e. The molecule has 2 unspecified atom stereocenters. The molecule has 0 amide bonds. The first kappa shape index (κ1) is 15.7. The predicted molar refractivity (Wildman–Crippen MR) is 87.6 cm³/mol. The number of rotatable bonds is 4. The fraction of sp³-hybridized carbons (Fsp3) is 0.375. The Hall–Kier alpha value is -1.21. The molecular formula is C16H19NO3S2. The van der Waals surface area contributed by atoms with Crippen LogP contribution in [0.2, 0.25) is 0 Å². The van der Waals surface area contributed by atoms with E-state index in [1.807, 2.05) is 37.3 Å². The minimum Gasteiger partial charge on any atom is -0.375 e. The number of morpholine rings is 1. The van der Waals surface area contributed by atoms with E-state index in [4.69, 9.17) is 4.74 Å². The molecular weight excluding hydrogens is 318 g/mol. The Labute approximate surface area is 135 Å². The van der Waals surface area contributed by atoms with Gasteiger partial charge in [0.05, 0.1) is 12.7 Å². The molecule has 0 bridgehead atoms. The Kier molecular flexibility index (Phi) is 4.63. The van der Waals surface area contributed by atoms with Gasteiger partial charge in [0.1, 0.15) is 4.21 Å². The number of sulfonamides is 1. The lowest BCUT2D eigenvalue weighted by Gasteiger charge is -2.36. The molecule has 22 heavy (non-hydrogen) atoms. The summed E-state index contributed by atoms with van der Waals surface area (Å²) in [6.45, 7) is 2.72. The highest BCUT2D eigenvalue weighted by Crippen LogP contribution is 2.26. The third-order valence-corrected chi connectivity index (χ3v) is 7.17. The average Bonchev–Trinajstić information content (AvgIpc) is 3.05. The normalized spacial score (nSPS) is 23.5. The monoisotopic (exact) mass is 337 g/mol. The molecule has 1 aliphatic heterocycles. The van der Waals surface area contributed by atoms with Crippen LogP contribution < -0.4 is 0 Å². The standard InChI is InChI=1S/C16H19NO3S2/c1-13-12-20-15(10-14-6-3-2-4-7-14)11-17(13)22(18,19)16-8-5-9-21-16/h2-9,13,15H,10-12H2,1H3. The molecule has 1 aromatic carbocycles. The van der Waals surface area contributed by atoms with Gasteiger partial charge in [-0.1, -0.05) is 36.4 Å². The van der Waals surface area contributed by atoms with Crippen LogP contribution in [0.5, 0.6) is 0 Å². The van der Waals surface area contributed by atoms with Gasteiger partial charge in [-0.15, -0.1) is 11.3 Å². The zero-order valence-electron chi connectivity index (χ0n) is 12.4. The van der Waals surface area contributed by atoms with Crippen LogP contribution in [0.1, 0.15) is 12.5 Å². The maximum absolute atomic E-state index is 12.7. The number of hydrogen-bond donors (Lipinski definition) is 0. The summed E-state index contributed by atoms with van der Waals surface area (Å²) in [4.78, 5) is 0. The van der Waals surface area contributed by atoms with Crippen LogP contribution in [0, 0.1) is 0 Å². The number of ether oxygens (including phenoxy) is 1. The molecule has 2 heterocycles. The van der Waals surface area contributed by atoms with Crippen molar-refractivity contribution in [3.8, 4) is 0 Å². The molecule has 1 aromatic heterocycles. The first-order chi connectivity index (χ1) is 10.6. The SMILES string of the molecule is CC1COC(Cc2ccccc2)CN1S(=O)(=O)c1cccs1. The Morgan fingerprint density at radius 1 is 1.23 bits per heavy atom. The Morgan fingerprint density at radius 2 is 2.00 bits per heavy atom. The molecule has 0 saturated carbocycles. The maximum atomic E-state index is 12.7. The fourth-order valence-electron chi connectivity index (χ4n) is 2.65. The summed E-state index contributed by atoms with van der Waals surface area (Å²) in [5, 5.41) is 1.79. The zero-order chi connectivity index (χ0) is 15.6.